The van der Waals surface area contributed by atoms with Crippen molar-refractivity contribution in [3.05, 3.63) is 62.9 Å². The van der Waals surface area contributed by atoms with Gasteiger partial charge in [0.1, 0.15) is 17.1 Å². The Hall–Kier alpha value is -2.27. The van der Waals surface area contributed by atoms with Crippen LogP contribution >= 0.6 is 15.9 Å². The molecule has 1 heterocycles. The van der Waals surface area contributed by atoms with Crippen molar-refractivity contribution in [3.8, 4) is 11.5 Å². The number of anilines is 1. The highest BCUT2D eigenvalue weighted by atomic mass is 79.9. The van der Waals surface area contributed by atoms with E-state index in [2.05, 4.69) is 15.9 Å². The maximum Gasteiger partial charge on any atom is 0.336 e. The fourth-order valence-corrected chi connectivity index (χ4v) is 2.49. The minimum atomic E-state index is -0.375. The second kappa shape index (κ2) is 5.26. The average Bonchev–Trinajstić information content (AvgIpc) is 2.41. The molecule has 21 heavy (non-hydrogen) atoms. The molecule has 2 aromatic carbocycles. The van der Waals surface area contributed by atoms with Gasteiger partial charge < -0.3 is 14.9 Å². The van der Waals surface area contributed by atoms with E-state index in [9.17, 15) is 4.79 Å². The van der Waals surface area contributed by atoms with Crippen molar-refractivity contribution in [3.63, 3.8) is 0 Å². The Kier molecular flexibility index (Phi) is 3.43. The van der Waals surface area contributed by atoms with Gasteiger partial charge in [-0.2, -0.15) is 0 Å². The third-order valence-electron chi connectivity index (χ3n) is 3.12. The molecule has 5 heteroatoms. The van der Waals surface area contributed by atoms with Gasteiger partial charge in [0.2, 0.25) is 0 Å². The van der Waals surface area contributed by atoms with Gasteiger partial charge in [0.05, 0.1) is 5.69 Å². The lowest BCUT2D eigenvalue weighted by Crippen LogP contribution is -1.98. The van der Waals surface area contributed by atoms with Crippen LogP contribution in [0, 0.1) is 6.92 Å². The van der Waals surface area contributed by atoms with Crippen molar-refractivity contribution < 1.29 is 9.15 Å². The molecule has 0 bridgehead atoms. The van der Waals surface area contributed by atoms with Gasteiger partial charge in [0.15, 0.2) is 0 Å². The van der Waals surface area contributed by atoms with Crippen LogP contribution in [0.15, 0.2) is 56.1 Å². The minimum absolute atomic E-state index is 0.375. The monoisotopic (exact) mass is 345 g/mol. The summed E-state index contributed by atoms with van der Waals surface area (Å²) in [5.41, 5.74) is 7.42. The average molecular weight is 346 g/mol. The quantitative estimate of drug-likeness (QED) is 0.557. The number of aryl methyl sites for hydroxylation is 1. The van der Waals surface area contributed by atoms with E-state index in [0.29, 0.717) is 22.8 Å². The van der Waals surface area contributed by atoms with Gasteiger partial charge >= 0.3 is 5.63 Å². The Bertz CT molecular complexity index is 886. The molecular weight excluding hydrogens is 334 g/mol. The largest absolute Gasteiger partial charge is 0.455 e. The third-order valence-corrected chi connectivity index (χ3v) is 3.62. The molecule has 0 atom stereocenters. The van der Waals surface area contributed by atoms with E-state index < -0.39 is 0 Å². The summed E-state index contributed by atoms with van der Waals surface area (Å²) in [7, 11) is 0. The van der Waals surface area contributed by atoms with E-state index in [1.165, 1.54) is 6.07 Å². The molecule has 0 radical (unpaired) electrons. The van der Waals surface area contributed by atoms with Crippen molar-refractivity contribution in [2.75, 3.05) is 5.73 Å². The molecule has 3 rings (SSSR count). The predicted octanol–water partition coefficient (Wildman–Crippen LogP) is 4.24. The maximum absolute atomic E-state index is 11.4. The molecule has 0 aliphatic heterocycles. The van der Waals surface area contributed by atoms with Crippen molar-refractivity contribution in [1.29, 1.82) is 0 Å². The first kappa shape index (κ1) is 13.7. The molecule has 0 unspecified atom stereocenters. The Labute approximate surface area is 129 Å². The zero-order valence-corrected chi connectivity index (χ0v) is 12.8. The third kappa shape index (κ3) is 2.78. The second-order valence-electron chi connectivity index (χ2n) is 4.69. The Morgan fingerprint density at radius 1 is 1.14 bits per heavy atom. The van der Waals surface area contributed by atoms with Crippen LogP contribution in [0.25, 0.3) is 11.0 Å². The van der Waals surface area contributed by atoms with Crippen LogP contribution in [0.4, 0.5) is 5.69 Å². The molecule has 106 valence electrons. The number of benzene rings is 2. The minimum Gasteiger partial charge on any atom is -0.455 e. The van der Waals surface area contributed by atoms with Crippen molar-refractivity contribution in [1.82, 2.24) is 0 Å². The van der Waals surface area contributed by atoms with Crippen LogP contribution in [0.3, 0.4) is 0 Å². The zero-order chi connectivity index (χ0) is 15.0. The van der Waals surface area contributed by atoms with Crippen LogP contribution in [0.5, 0.6) is 11.5 Å². The summed E-state index contributed by atoms with van der Waals surface area (Å²) in [4.78, 5) is 11.4. The van der Waals surface area contributed by atoms with E-state index in [-0.39, 0.29) is 5.63 Å². The van der Waals surface area contributed by atoms with Gasteiger partial charge in [-0.25, -0.2) is 4.79 Å². The number of rotatable bonds is 2. The highest BCUT2D eigenvalue weighted by molar-refractivity contribution is 9.10. The molecule has 0 aliphatic carbocycles. The molecule has 0 saturated heterocycles. The number of fused-ring (bicyclic) bond motifs is 1. The molecule has 2 N–H and O–H groups in total. The normalized spacial score (nSPS) is 10.8. The maximum atomic E-state index is 11.4. The topological polar surface area (TPSA) is 65.5 Å². The van der Waals surface area contributed by atoms with Crippen LogP contribution in [0.2, 0.25) is 0 Å². The van der Waals surface area contributed by atoms with Gasteiger partial charge in [-0.3, -0.25) is 0 Å². The van der Waals surface area contributed by atoms with Gasteiger partial charge in [-0.1, -0.05) is 15.9 Å². The van der Waals surface area contributed by atoms with E-state index in [1.807, 2.05) is 25.1 Å². The van der Waals surface area contributed by atoms with E-state index in [0.717, 1.165) is 15.4 Å². The van der Waals surface area contributed by atoms with Gasteiger partial charge in [0.25, 0.3) is 0 Å². The highest BCUT2D eigenvalue weighted by Crippen LogP contribution is 2.31. The van der Waals surface area contributed by atoms with Crippen molar-refractivity contribution >= 4 is 32.6 Å². The Balaban J connectivity index is 2.03. The second-order valence-corrected chi connectivity index (χ2v) is 5.61. The van der Waals surface area contributed by atoms with Crippen LogP contribution in [-0.2, 0) is 0 Å². The predicted molar refractivity (Wildman–Crippen MR) is 85.8 cm³/mol. The van der Waals surface area contributed by atoms with E-state index >= 15 is 0 Å². The molecule has 3 aromatic rings. The first-order valence-electron chi connectivity index (χ1n) is 6.30. The van der Waals surface area contributed by atoms with Crippen LogP contribution in [0.1, 0.15) is 5.56 Å². The SMILES string of the molecule is Cc1cc(=O)oc2cc(Oc3ccc(Br)cc3N)ccc12. The van der Waals surface area contributed by atoms with Crippen LogP contribution < -0.4 is 16.1 Å². The fraction of sp³-hybridized carbons (Fsp3) is 0.0625. The molecule has 0 aliphatic rings. The van der Waals surface area contributed by atoms with E-state index in [1.54, 1.807) is 18.2 Å². The summed E-state index contributed by atoms with van der Waals surface area (Å²) in [6.45, 7) is 1.87. The molecule has 0 fully saturated rings. The number of halogens is 1. The standard InChI is InChI=1S/C16H12BrNO3/c1-9-6-16(19)21-15-8-11(3-4-12(9)15)20-14-5-2-10(17)7-13(14)18/h2-8H,18H2,1H3. The Morgan fingerprint density at radius 2 is 1.95 bits per heavy atom. The van der Waals surface area contributed by atoms with E-state index in [4.69, 9.17) is 14.9 Å². The van der Waals surface area contributed by atoms with Gasteiger partial charge in [0, 0.05) is 22.0 Å². The molecule has 0 spiro atoms. The lowest BCUT2D eigenvalue weighted by atomic mass is 10.1. The molecule has 0 amide bonds. The summed E-state index contributed by atoms with van der Waals surface area (Å²) < 4.78 is 11.8. The molecule has 4 nitrogen and oxygen atoms in total. The number of ether oxygens (including phenoxy) is 1. The molecule has 0 saturated carbocycles. The lowest BCUT2D eigenvalue weighted by molar-refractivity contribution is 0.482. The summed E-state index contributed by atoms with van der Waals surface area (Å²) in [6, 6.07) is 12.2. The summed E-state index contributed by atoms with van der Waals surface area (Å²) >= 11 is 3.34. The molecule has 1 aromatic heterocycles. The van der Waals surface area contributed by atoms with Gasteiger partial charge in [-0.05, 0) is 42.8 Å². The number of hydrogen-bond acceptors (Lipinski definition) is 4. The Morgan fingerprint density at radius 3 is 2.71 bits per heavy atom. The van der Waals surface area contributed by atoms with Crippen LogP contribution in [-0.4, -0.2) is 0 Å². The first-order chi connectivity index (χ1) is 10.0. The molecular formula is C16H12BrNO3. The number of nitrogen functional groups attached to an aromatic ring is 1. The zero-order valence-electron chi connectivity index (χ0n) is 11.2. The first-order valence-corrected chi connectivity index (χ1v) is 7.09. The fourth-order valence-electron chi connectivity index (χ4n) is 2.11. The highest BCUT2D eigenvalue weighted by Gasteiger charge is 2.07. The smallest absolute Gasteiger partial charge is 0.336 e. The summed E-state index contributed by atoms with van der Waals surface area (Å²) in [6.07, 6.45) is 0. The lowest BCUT2D eigenvalue weighted by Gasteiger charge is -2.09. The van der Waals surface area contributed by atoms with Crippen molar-refractivity contribution in [2.45, 2.75) is 6.92 Å². The van der Waals surface area contributed by atoms with Crippen molar-refractivity contribution in [2.24, 2.45) is 0 Å². The number of nitrogens with two attached hydrogens (primary N) is 1. The number of hydrogen-bond donors (Lipinski definition) is 1. The summed E-state index contributed by atoms with van der Waals surface area (Å²) in [5.74, 6) is 1.11. The summed E-state index contributed by atoms with van der Waals surface area (Å²) in [5, 5.41) is 0.880. The van der Waals surface area contributed by atoms with Gasteiger partial charge in [-0.15, -0.1) is 0 Å².